The lowest BCUT2D eigenvalue weighted by atomic mass is 10.1. The fourth-order valence-electron chi connectivity index (χ4n) is 2.87. The molecule has 5 heteroatoms. The molecular weight excluding hydrogens is 371 g/mol. The Kier molecular flexibility index (Phi) is 9.60. The molecule has 0 saturated carbocycles. The summed E-state index contributed by atoms with van der Waals surface area (Å²) in [5.74, 6) is 1.03. The fraction of sp³-hybridized carbons (Fsp3) is 0.478. The van der Waals surface area contributed by atoms with Gasteiger partial charge in [-0.15, -0.1) is 0 Å². The van der Waals surface area contributed by atoms with Crippen LogP contribution in [0.15, 0.2) is 48.5 Å². The number of para-hydroxylation sites is 2. The van der Waals surface area contributed by atoms with Crippen molar-refractivity contribution >= 4 is 7.82 Å². The molecule has 2 aromatic carbocycles. The van der Waals surface area contributed by atoms with Crippen molar-refractivity contribution in [2.75, 3.05) is 6.61 Å². The number of hydrogen-bond donors (Lipinski definition) is 0. The second-order valence-corrected chi connectivity index (χ2v) is 8.63. The normalized spacial score (nSPS) is 11.4. The third-order valence-electron chi connectivity index (χ3n) is 4.60. The Labute approximate surface area is 169 Å². The van der Waals surface area contributed by atoms with Gasteiger partial charge in [0.15, 0.2) is 0 Å². The largest absolute Gasteiger partial charge is 0.587 e. The molecule has 0 spiro atoms. The lowest BCUT2D eigenvalue weighted by molar-refractivity contribution is 0.204. The van der Waals surface area contributed by atoms with E-state index in [-0.39, 0.29) is 0 Å². The summed E-state index contributed by atoms with van der Waals surface area (Å²) < 4.78 is 30.6. The zero-order valence-electron chi connectivity index (χ0n) is 17.4. The number of phosphoric ester groups is 1. The standard InChI is InChI=1S/C23H33O4P/c1-4-5-6-7-8-9-14-19-25-28(24,26-22-17-12-10-15-20(22)2)27-23-18-13-11-16-21(23)3/h10-13,15-18H,4-9,14,19H2,1-3H3. The van der Waals surface area contributed by atoms with Gasteiger partial charge < -0.3 is 9.05 Å². The van der Waals surface area contributed by atoms with E-state index < -0.39 is 7.82 Å². The van der Waals surface area contributed by atoms with Crippen molar-refractivity contribution in [3.8, 4) is 11.5 Å². The van der Waals surface area contributed by atoms with Crippen LogP contribution >= 0.6 is 7.82 Å². The molecule has 0 aliphatic rings. The smallest absolute Gasteiger partial charge is 0.395 e. The number of aryl methyl sites for hydroxylation is 2. The molecule has 0 aliphatic heterocycles. The maximum absolute atomic E-state index is 13.4. The highest BCUT2D eigenvalue weighted by Gasteiger charge is 2.31. The molecule has 0 aromatic heterocycles. The minimum absolute atomic E-state index is 0.350. The van der Waals surface area contributed by atoms with Crippen molar-refractivity contribution in [3.63, 3.8) is 0 Å². The summed E-state index contributed by atoms with van der Waals surface area (Å²) >= 11 is 0. The molecule has 2 aromatic rings. The summed E-state index contributed by atoms with van der Waals surface area (Å²) in [7, 11) is -3.78. The van der Waals surface area contributed by atoms with Crippen molar-refractivity contribution < 1.29 is 18.1 Å². The third kappa shape index (κ3) is 7.69. The van der Waals surface area contributed by atoms with Crippen LogP contribution < -0.4 is 9.05 Å². The van der Waals surface area contributed by atoms with Gasteiger partial charge in [0.2, 0.25) is 0 Å². The van der Waals surface area contributed by atoms with E-state index in [1.807, 2.05) is 50.2 Å². The minimum Gasteiger partial charge on any atom is -0.395 e. The van der Waals surface area contributed by atoms with Gasteiger partial charge in [-0.1, -0.05) is 81.8 Å². The van der Waals surface area contributed by atoms with Gasteiger partial charge in [-0.25, -0.2) is 4.57 Å². The lowest BCUT2D eigenvalue weighted by Crippen LogP contribution is -2.07. The maximum atomic E-state index is 13.4. The molecule has 28 heavy (non-hydrogen) atoms. The van der Waals surface area contributed by atoms with E-state index in [1.54, 1.807) is 12.1 Å². The molecule has 0 unspecified atom stereocenters. The average Bonchev–Trinajstić information content (AvgIpc) is 2.68. The molecule has 154 valence electrons. The van der Waals surface area contributed by atoms with Gasteiger partial charge in [0, 0.05) is 0 Å². The summed E-state index contributed by atoms with van der Waals surface area (Å²) in [5, 5.41) is 0. The highest BCUT2D eigenvalue weighted by atomic mass is 31.2. The van der Waals surface area contributed by atoms with Crippen LogP contribution in [0.5, 0.6) is 11.5 Å². The quantitative estimate of drug-likeness (QED) is 0.254. The number of phosphoric acid groups is 1. The Hall–Kier alpha value is -1.77. The Bertz CT molecular complexity index is 708. The number of benzene rings is 2. The highest BCUT2D eigenvalue weighted by Crippen LogP contribution is 2.50. The van der Waals surface area contributed by atoms with Crippen molar-refractivity contribution in [3.05, 3.63) is 59.7 Å². The van der Waals surface area contributed by atoms with Crippen LogP contribution in [-0.2, 0) is 9.09 Å². The fourth-order valence-corrected chi connectivity index (χ4v) is 4.25. The lowest BCUT2D eigenvalue weighted by Gasteiger charge is -2.20. The summed E-state index contributed by atoms with van der Waals surface area (Å²) in [6.07, 6.45) is 8.13. The van der Waals surface area contributed by atoms with Crippen LogP contribution in [0.4, 0.5) is 0 Å². The average molecular weight is 404 g/mol. The van der Waals surface area contributed by atoms with E-state index in [9.17, 15) is 4.57 Å². The molecule has 0 atom stereocenters. The molecule has 0 bridgehead atoms. The first kappa shape index (κ1) is 22.5. The van der Waals surface area contributed by atoms with E-state index in [1.165, 1.54) is 32.1 Å². The van der Waals surface area contributed by atoms with Gasteiger partial charge in [-0.05, 0) is 43.5 Å². The van der Waals surface area contributed by atoms with Gasteiger partial charge in [0.25, 0.3) is 0 Å². The predicted octanol–water partition coefficient (Wildman–Crippen LogP) is 7.64. The zero-order valence-corrected chi connectivity index (χ0v) is 18.3. The van der Waals surface area contributed by atoms with Crippen LogP contribution in [0.3, 0.4) is 0 Å². The van der Waals surface area contributed by atoms with Crippen LogP contribution in [-0.4, -0.2) is 6.61 Å². The van der Waals surface area contributed by atoms with Gasteiger partial charge in [-0.3, -0.25) is 4.52 Å². The van der Waals surface area contributed by atoms with Gasteiger partial charge >= 0.3 is 7.82 Å². The summed E-state index contributed by atoms with van der Waals surface area (Å²) in [6.45, 7) is 6.38. The first-order chi connectivity index (χ1) is 13.5. The van der Waals surface area contributed by atoms with Crippen LogP contribution in [0, 0.1) is 13.8 Å². The zero-order chi connectivity index (χ0) is 20.2. The van der Waals surface area contributed by atoms with Crippen LogP contribution in [0.25, 0.3) is 0 Å². The first-order valence-electron chi connectivity index (χ1n) is 10.3. The number of unbranched alkanes of at least 4 members (excludes halogenated alkanes) is 6. The Balaban J connectivity index is 1.97. The van der Waals surface area contributed by atoms with Crippen LogP contribution in [0.1, 0.15) is 63.0 Å². The molecule has 0 heterocycles. The molecule has 0 N–H and O–H groups in total. The van der Waals surface area contributed by atoms with E-state index in [0.717, 1.165) is 24.0 Å². The maximum Gasteiger partial charge on any atom is 0.587 e. The molecule has 2 rings (SSSR count). The van der Waals surface area contributed by atoms with Crippen molar-refractivity contribution in [1.29, 1.82) is 0 Å². The van der Waals surface area contributed by atoms with Crippen molar-refractivity contribution in [2.45, 2.75) is 65.7 Å². The highest BCUT2D eigenvalue weighted by molar-refractivity contribution is 7.49. The SMILES string of the molecule is CCCCCCCCCOP(=O)(Oc1ccccc1C)Oc1ccccc1C. The molecule has 4 nitrogen and oxygen atoms in total. The van der Waals surface area contributed by atoms with E-state index >= 15 is 0 Å². The van der Waals surface area contributed by atoms with Crippen LogP contribution in [0.2, 0.25) is 0 Å². The van der Waals surface area contributed by atoms with Crippen molar-refractivity contribution in [1.82, 2.24) is 0 Å². The molecule has 0 radical (unpaired) electrons. The summed E-state index contributed by atoms with van der Waals surface area (Å²) in [4.78, 5) is 0. The van der Waals surface area contributed by atoms with Crippen molar-refractivity contribution in [2.24, 2.45) is 0 Å². The Morgan fingerprint density at radius 1 is 0.714 bits per heavy atom. The Morgan fingerprint density at radius 2 is 1.18 bits per heavy atom. The van der Waals surface area contributed by atoms with E-state index in [0.29, 0.717) is 18.1 Å². The second kappa shape index (κ2) is 11.9. The van der Waals surface area contributed by atoms with Gasteiger partial charge in [0.05, 0.1) is 6.61 Å². The third-order valence-corrected chi connectivity index (χ3v) is 5.94. The Morgan fingerprint density at radius 3 is 1.68 bits per heavy atom. The molecular formula is C23H33O4P. The van der Waals surface area contributed by atoms with E-state index in [4.69, 9.17) is 13.6 Å². The molecule has 0 fully saturated rings. The first-order valence-corrected chi connectivity index (χ1v) is 11.7. The molecule has 0 saturated heterocycles. The molecule has 0 amide bonds. The number of rotatable bonds is 13. The van der Waals surface area contributed by atoms with Gasteiger partial charge in [0.1, 0.15) is 11.5 Å². The topological polar surface area (TPSA) is 44.8 Å². The second-order valence-electron chi connectivity index (χ2n) is 7.12. The van der Waals surface area contributed by atoms with Gasteiger partial charge in [-0.2, -0.15) is 0 Å². The van der Waals surface area contributed by atoms with E-state index in [2.05, 4.69) is 6.92 Å². The molecule has 0 aliphatic carbocycles. The summed E-state index contributed by atoms with van der Waals surface area (Å²) in [6, 6.07) is 14.9. The minimum atomic E-state index is -3.78. The number of hydrogen-bond acceptors (Lipinski definition) is 4. The predicted molar refractivity (Wildman–Crippen MR) is 115 cm³/mol. The monoisotopic (exact) mass is 404 g/mol. The summed E-state index contributed by atoms with van der Waals surface area (Å²) in [5.41, 5.74) is 1.77.